The van der Waals surface area contributed by atoms with Crippen LogP contribution in [0.15, 0.2) is 67.0 Å². The van der Waals surface area contributed by atoms with Gasteiger partial charge >= 0.3 is 12.2 Å². The first-order valence-corrected chi connectivity index (χ1v) is 12.5. The Kier molecular flexibility index (Phi) is 6.61. The van der Waals surface area contributed by atoms with Crippen molar-refractivity contribution in [3.63, 3.8) is 0 Å². The Hall–Kier alpha value is -4.12. The first-order chi connectivity index (χ1) is 16.7. The van der Waals surface area contributed by atoms with E-state index in [1.165, 1.54) is 23.1 Å². The number of nitrogens with one attached hydrogen (secondary N) is 1. The van der Waals surface area contributed by atoms with Gasteiger partial charge in [0.2, 0.25) is 10.0 Å². The predicted molar refractivity (Wildman–Crippen MR) is 132 cm³/mol. The van der Waals surface area contributed by atoms with Crippen LogP contribution in [0.25, 0.3) is 11.1 Å². The van der Waals surface area contributed by atoms with Crippen molar-refractivity contribution in [2.75, 3.05) is 34.4 Å². The molecule has 182 valence electrons. The van der Waals surface area contributed by atoms with Crippen molar-refractivity contribution in [2.24, 2.45) is 0 Å². The zero-order valence-electron chi connectivity index (χ0n) is 19.3. The van der Waals surface area contributed by atoms with Gasteiger partial charge in [0.15, 0.2) is 5.75 Å². The second-order valence-electron chi connectivity index (χ2n) is 8.01. The molecule has 0 radical (unpaired) electrons. The highest BCUT2D eigenvalue weighted by Gasteiger charge is 2.36. The highest BCUT2D eigenvalue weighted by atomic mass is 32.2. The fourth-order valence-electron chi connectivity index (χ4n) is 3.86. The van der Waals surface area contributed by atoms with Crippen LogP contribution < -0.4 is 19.3 Å². The Morgan fingerprint density at radius 3 is 2.37 bits per heavy atom. The van der Waals surface area contributed by atoms with E-state index in [0.29, 0.717) is 22.8 Å². The van der Waals surface area contributed by atoms with Crippen LogP contribution in [-0.2, 0) is 14.8 Å². The molecule has 2 aromatic carbocycles. The average molecular weight is 497 g/mol. The number of carbonyl (C=O) groups excluding carboxylic acids is 2. The van der Waals surface area contributed by atoms with E-state index in [2.05, 4.69) is 9.71 Å². The highest BCUT2D eigenvalue weighted by Crippen LogP contribution is 2.39. The number of fused-ring (bicyclic) bond motifs is 1. The number of rotatable bonds is 4. The predicted octanol–water partition coefficient (Wildman–Crippen LogP) is 4.10. The number of ether oxygens (including phenoxy) is 2. The molecule has 1 unspecified atom stereocenters. The van der Waals surface area contributed by atoms with Crippen LogP contribution in [0, 0.1) is 0 Å². The summed E-state index contributed by atoms with van der Waals surface area (Å²) in [6, 6.07) is 15.1. The summed E-state index contributed by atoms with van der Waals surface area (Å²) in [6.07, 6.45) is 2.95. The van der Waals surface area contributed by atoms with Crippen molar-refractivity contribution in [1.82, 2.24) is 4.98 Å². The van der Waals surface area contributed by atoms with E-state index in [0.717, 1.165) is 17.4 Å². The zero-order valence-corrected chi connectivity index (χ0v) is 20.2. The van der Waals surface area contributed by atoms with Crippen molar-refractivity contribution >= 4 is 39.3 Å². The summed E-state index contributed by atoms with van der Waals surface area (Å²) in [5.41, 5.74) is 2.95. The van der Waals surface area contributed by atoms with Gasteiger partial charge < -0.3 is 9.47 Å². The van der Waals surface area contributed by atoms with E-state index in [1.54, 1.807) is 54.7 Å². The summed E-state index contributed by atoms with van der Waals surface area (Å²) in [7, 11) is -2.09. The number of methoxy groups -OCH3 is 1. The largest absolute Gasteiger partial charge is 0.452 e. The number of hydrogen-bond donors (Lipinski definition) is 1. The molecule has 10 nitrogen and oxygen atoms in total. The minimum Gasteiger partial charge on any atom is -0.452 e. The van der Waals surface area contributed by atoms with Crippen LogP contribution >= 0.6 is 0 Å². The van der Waals surface area contributed by atoms with Crippen LogP contribution in [0.4, 0.5) is 26.7 Å². The summed E-state index contributed by atoms with van der Waals surface area (Å²) in [5.74, 6) is 0.298. The van der Waals surface area contributed by atoms with Gasteiger partial charge in [-0.15, -0.1) is 0 Å². The van der Waals surface area contributed by atoms with Crippen molar-refractivity contribution < 1.29 is 27.5 Å². The number of pyridine rings is 1. The third-order valence-electron chi connectivity index (χ3n) is 5.37. The van der Waals surface area contributed by atoms with Gasteiger partial charge in [-0.05, 0) is 54.4 Å². The number of sulfonamides is 1. The van der Waals surface area contributed by atoms with Gasteiger partial charge in [0.1, 0.15) is 0 Å². The fraction of sp³-hybridized carbons (Fsp3) is 0.208. The van der Waals surface area contributed by atoms with E-state index in [4.69, 9.17) is 9.47 Å². The van der Waals surface area contributed by atoms with Gasteiger partial charge in [0, 0.05) is 11.9 Å². The van der Waals surface area contributed by atoms with E-state index >= 15 is 0 Å². The minimum absolute atomic E-state index is 0.182. The van der Waals surface area contributed by atoms with Crippen LogP contribution in [0.2, 0.25) is 0 Å². The highest BCUT2D eigenvalue weighted by molar-refractivity contribution is 7.92. The topological polar surface area (TPSA) is 118 Å². The lowest BCUT2D eigenvalue weighted by atomic mass is 10.0. The molecule has 1 aliphatic heterocycles. The van der Waals surface area contributed by atoms with Crippen LogP contribution in [0.5, 0.6) is 5.75 Å². The number of aromatic nitrogens is 1. The molecule has 0 saturated heterocycles. The number of amides is 2. The van der Waals surface area contributed by atoms with Crippen LogP contribution in [-0.4, -0.2) is 51.5 Å². The van der Waals surface area contributed by atoms with Crippen molar-refractivity contribution in [2.45, 2.75) is 13.0 Å². The Balaban J connectivity index is 1.72. The second kappa shape index (κ2) is 9.63. The molecule has 0 saturated carbocycles. The summed E-state index contributed by atoms with van der Waals surface area (Å²) < 4.78 is 35.9. The molecule has 1 aliphatic rings. The number of carbonyl (C=O) groups is 2. The maximum atomic E-state index is 13.1. The van der Waals surface area contributed by atoms with Gasteiger partial charge in [0.05, 0.1) is 43.5 Å². The molecule has 11 heteroatoms. The first kappa shape index (κ1) is 24.0. The maximum absolute atomic E-state index is 13.1. The minimum atomic E-state index is -3.39. The number of hydrogen-bond acceptors (Lipinski definition) is 7. The van der Waals surface area contributed by atoms with E-state index < -0.39 is 22.2 Å². The molecule has 0 bridgehead atoms. The number of benzene rings is 2. The summed E-state index contributed by atoms with van der Waals surface area (Å²) in [4.78, 5) is 32.6. The van der Waals surface area contributed by atoms with Crippen molar-refractivity contribution in [3.05, 3.63) is 67.0 Å². The average Bonchev–Trinajstić information content (AvgIpc) is 2.83. The monoisotopic (exact) mass is 496 g/mol. The first-order valence-electron chi connectivity index (χ1n) is 10.6. The summed E-state index contributed by atoms with van der Waals surface area (Å²) >= 11 is 0. The third-order valence-corrected chi connectivity index (χ3v) is 5.97. The van der Waals surface area contributed by atoms with Gasteiger partial charge in [0.25, 0.3) is 0 Å². The molecular formula is C24H24N4O6S. The lowest BCUT2D eigenvalue weighted by molar-refractivity contribution is 0.175. The Labute approximate surface area is 203 Å². The van der Waals surface area contributed by atoms with Gasteiger partial charge in [-0.1, -0.05) is 18.2 Å². The molecule has 1 atom stereocenters. The molecule has 3 aromatic rings. The Bertz CT molecular complexity index is 1350. The molecule has 2 heterocycles. The fourth-order valence-corrected chi connectivity index (χ4v) is 4.43. The molecule has 4 rings (SSSR count). The summed E-state index contributed by atoms with van der Waals surface area (Å²) in [6.45, 7) is 1.99. The van der Waals surface area contributed by atoms with Crippen LogP contribution in [0.1, 0.15) is 6.92 Å². The van der Waals surface area contributed by atoms with E-state index in [1.807, 2.05) is 13.0 Å². The Morgan fingerprint density at radius 2 is 1.74 bits per heavy atom. The maximum Gasteiger partial charge on any atom is 0.419 e. The van der Waals surface area contributed by atoms with E-state index in [9.17, 15) is 18.0 Å². The zero-order chi connectivity index (χ0) is 25.2. The lowest BCUT2D eigenvalue weighted by Crippen LogP contribution is -2.52. The molecule has 0 spiro atoms. The smallest absolute Gasteiger partial charge is 0.419 e. The quantitative estimate of drug-likeness (QED) is 0.578. The van der Waals surface area contributed by atoms with Crippen molar-refractivity contribution in [1.29, 1.82) is 0 Å². The standard InChI is InChI=1S/C24H24N4O6S/c1-16-15-27(23(29)34-20-5-4-12-25-14-20)22-13-18(8-11-21(22)28(16)24(30)33-2)17-6-9-19(10-7-17)26-35(3,31)32/h4-14,16,26H,15H2,1-3H3. The number of nitrogens with zero attached hydrogens (tertiary/aromatic N) is 3. The van der Waals surface area contributed by atoms with Gasteiger partial charge in [-0.3, -0.25) is 19.5 Å². The molecule has 1 aromatic heterocycles. The molecule has 2 amide bonds. The van der Waals surface area contributed by atoms with Crippen LogP contribution in [0.3, 0.4) is 0 Å². The normalized spacial score (nSPS) is 15.2. The summed E-state index contributed by atoms with van der Waals surface area (Å²) in [5, 5.41) is 0. The lowest BCUT2D eigenvalue weighted by Gasteiger charge is -2.39. The molecule has 0 aliphatic carbocycles. The number of anilines is 3. The molecule has 1 N–H and O–H groups in total. The van der Waals surface area contributed by atoms with E-state index in [-0.39, 0.29) is 12.6 Å². The molecule has 0 fully saturated rings. The molecule has 35 heavy (non-hydrogen) atoms. The second-order valence-corrected chi connectivity index (χ2v) is 9.76. The SMILES string of the molecule is COC(=O)N1c2ccc(-c3ccc(NS(C)(=O)=O)cc3)cc2N(C(=O)Oc2cccnc2)CC1C. The molecular weight excluding hydrogens is 472 g/mol. The third kappa shape index (κ3) is 5.35. The Morgan fingerprint density at radius 1 is 1.03 bits per heavy atom. The van der Waals surface area contributed by atoms with Gasteiger partial charge in [-0.25, -0.2) is 18.0 Å². The van der Waals surface area contributed by atoms with Gasteiger partial charge in [-0.2, -0.15) is 0 Å². The van der Waals surface area contributed by atoms with Crippen molar-refractivity contribution in [3.8, 4) is 16.9 Å².